The highest BCUT2D eigenvalue weighted by molar-refractivity contribution is 6.33. The standard InChI is InChI=1S/C20H19ClN4/c1-13(2)11-12-25-19(14-7-3-4-8-15(14)21)24-18-20(25)23-17-10-6-5-9-16(17)22-18/h3-10,13H,11-12H2,1-2H3. The van der Waals surface area contributed by atoms with Gasteiger partial charge in [-0.2, -0.15) is 0 Å². The smallest absolute Gasteiger partial charge is 0.198 e. The lowest BCUT2D eigenvalue weighted by atomic mass is 10.1. The minimum atomic E-state index is 0.588. The zero-order chi connectivity index (χ0) is 17.4. The van der Waals surface area contributed by atoms with E-state index in [-0.39, 0.29) is 0 Å². The van der Waals surface area contributed by atoms with Gasteiger partial charge in [-0.25, -0.2) is 15.0 Å². The molecule has 2 heterocycles. The van der Waals surface area contributed by atoms with E-state index in [1.54, 1.807) is 0 Å². The summed E-state index contributed by atoms with van der Waals surface area (Å²) in [6.45, 7) is 5.27. The number of halogens is 1. The number of imidazole rings is 1. The molecule has 0 saturated heterocycles. The molecule has 2 aromatic carbocycles. The average molecular weight is 351 g/mol. The molecule has 126 valence electrons. The second-order valence-electron chi connectivity index (χ2n) is 6.61. The number of benzene rings is 2. The predicted octanol–water partition coefficient (Wildman–Crippen LogP) is 5.35. The first-order chi connectivity index (χ1) is 12.1. The molecule has 0 spiro atoms. The fraction of sp³-hybridized carbons (Fsp3) is 0.250. The Hall–Kier alpha value is -2.46. The van der Waals surface area contributed by atoms with Crippen molar-refractivity contribution in [2.45, 2.75) is 26.8 Å². The van der Waals surface area contributed by atoms with Crippen LogP contribution in [-0.2, 0) is 6.54 Å². The molecule has 4 aromatic rings. The van der Waals surface area contributed by atoms with Gasteiger partial charge in [0.2, 0.25) is 0 Å². The average Bonchev–Trinajstić information content (AvgIpc) is 2.95. The van der Waals surface area contributed by atoms with Gasteiger partial charge in [-0.05, 0) is 36.6 Å². The number of aryl methyl sites for hydroxylation is 1. The number of rotatable bonds is 4. The molecule has 0 aliphatic heterocycles. The summed E-state index contributed by atoms with van der Waals surface area (Å²) >= 11 is 6.43. The van der Waals surface area contributed by atoms with Crippen LogP contribution < -0.4 is 0 Å². The number of para-hydroxylation sites is 2. The number of hydrogen-bond acceptors (Lipinski definition) is 3. The normalized spacial score (nSPS) is 11.7. The van der Waals surface area contributed by atoms with Crippen LogP contribution in [0.2, 0.25) is 5.02 Å². The van der Waals surface area contributed by atoms with Crippen molar-refractivity contribution in [1.29, 1.82) is 0 Å². The van der Waals surface area contributed by atoms with Crippen molar-refractivity contribution in [3.8, 4) is 11.4 Å². The van der Waals surface area contributed by atoms with Gasteiger partial charge in [0, 0.05) is 12.1 Å². The van der Waals surface area contributed by atoms with E-state index in [9.17, 15) is 0 Å². The Labute approximate surface area is 151 Å². The first-order valence-corrected chi connectivity index (χ1v) is 8.89. The van der Waals surface area contributed by atoms with Crippen LogP contribution in [0.3, 0.4) is 0 Å². The predicted molar refractivity (Wildman–Crippen MR) is 103 cm³/mol. The van der Waals surface area contributed by atoms with Crippen molar-refractivity contribution in [3.63, 3.8) is 0 Å². The number of fused-ring (bicyclic) bond motifs is 2. The van der Waals surface area contributed by atoms with Gasteiger partial charge in [0.15, 0.2) is 11.3 Å². The maximum atomic E-state index is 6.43. The lowest BCUT2D eigenvalue weighted by Crippen LogP contribution is -2.05. The van der Waals surface area contributed by atoms with Gasteiger partial charge in [0.1, 0.15) is 5.82 Å². The minimum Gasteiger partial charge on any atom is -0.307 e. The second-order valence-corrected chi connectivity index (χ2v) is 7.02. The molecule has 0 atom stereocenters. The second kappa shape index (κ2) is 6.45. The molecule has 0 saturated carbocycles. The Morgan fingerprint density at radius 3 is 2.32 bits per heavy atom. The fourth-order valence-electron chi connectivity index (χ4n) is 2.95. The first kappa shape index (κ1) is 16.0. The van der Waals surface area contributed by atoms with E-state index in [1.165, 1.54) is 0 Å². The summed E-state index contributed by atoms with van der Waals surface area (Å²) in [6.07, 6.45) is 1.04. The highest BCUT2D eigenvalue weighted by Crippen LogP contribution is 2.30. The zero-order valence-electron chi connectivity index (χ0n) is 14.3. The monoisotopic (exact) mass is 350 g/mol. The number of nitrogens with zero attached hydrogens (tertiary/aromatic N) is 4. The first-order valence-electron chi connectivity index (χ1n) is 8.51. The third kappa shape index (κ3) is 2.98. The van der Waals surface area contributed by atoms with E-state index < -0.39 is 0 Å². The summed E-state index contributed by atoms with van der Waals surface area (Å²) in [4.78, 5) is 14.3. The Balaban J connectivity index is 1.98. The quantitative estimate of drug-likeness (QED) is 0.498. The number of hydrogen-bond donors (Lipinski definition) is 0. The van der Waals surface area contributed by atoms with Gasteiger partial charge >= 0.3 is 0 Å². The molecular weight excluding hydrogens is 332 g/mol. The summed E-state index contributed by atoms with van der Waals surface area (Å²) in [7, 11) is 0. The summed E-state index contributed by atoms with van der Waals surface area (Å²) in [5.41, 5.74) is 4.13. The van der Waals surface area contributed by atoms with E-state index in [2.05, 4.69) is 18.4 Å². The third-order valence-corrected chi connectivity index (χ3v) is 4.63. The van der Waals surface area contributed by atoms with E-state index >= 15 is 0 Å². The molecule has 4 nitrogen and oxygen atoms in total. The van der Waals surface area contributed by atoms with Crippen LogP contribution in [0.15, 0.2) is 48.5 Å². The lowest BCUT2D eigenvalue weighted by molar-refractivity contribution is 0.524. The van der Waals surface area contributed by atoms with Crippen LogP contribution in [0.4, 0.5) is 0 Å². The Morgan fingerprint density at radius 1 is 0.920 bits per heavy atom. The van der Waals surface area contributed by atoms with Crippen molar-refractivity contribution in [3.05, 3.63) is 53.6 Å². The zero-order valence-corrected chi connectivity index (χ0v) is 15.0. The van der Waals surface area contributed by atoms with Crippen LogP contribution >= 0.6 is 11.6 Å². The van der Waals surface area contributed by atoms with E-state index in [1.807, 2.05) is 48.5 Å². The molecule has 0 N–H and O–H groups in total. The summed E-state index contributed by atoms with van der Waals surface area (Å²) in [6, 6.07) is 15.7. The van der Waals surface area contributed by atoms with Crippen LogP contribution in [0.25, 0.3) is 33.7 Å². The fourth-order valence-corrected chi connectivity index (χ4v) is 3.17. The molecule has 0 unspecified atom stereocenters. The topological polar surface area (TPSA) is 43.6 Å². The van der Waals surface area contributed by atoms with Crippen molar-refractivity contribution in [1.82, 2.24) is 19.5 Å². The molecule has 25 heavy (non-hydrogen) atoms. The van der Waals surface area contributed by atoms with E-state index in [0.29, 0.717) is 16.6 Å². The Kier molecular flexibility index (Phi) is 4.14. The van der Waals surface area contributed by atoms with Gasteiger partial charge in [-0.3, -0.25) is 0 Å². The van der Waals surface area contributed by atoms with Crippen molar-refractivity contribution in [2.24, 2.45) is 5.92 Å². The summed E-state index contributed by atoms with van der Waals surface area (Å²) in [5, 5.41) is 0.688. The van der Waals surface area contributed by atoms with Gasteiger partial charge in [0.25, 0.3) is 0 Å². The summed E-state index contributed by atoms with van der Waals surface area (Å²) < 4.78 is 2.15. The van der Waals surface area contributed by atoms with E-state index in [4.69, 9.17) is 26.6 Å². The van der Waals surface area contributed by atoms with Crippen molar-refractivity contribution < 1.29 is 0 Å². The van der Waals surface area contributed by atoms with Gasteiger partial charge in [-0.15, -0.1) is 0 Å². The minimum absolute atomic E-state index is 0.588. The van der Waals surface area contributed by atoms with Crippen LogP contribution in [0, 0.1) is 5.92 Å². The van der Waals surface area contributed by atoms with Gasteiger partial charge in [0.05, 0.1) is 16.1 Å². The van der Waals surface area contributed by atoms with Crippen LogP contribution in [0.1, 0.15) is 20.3 Å². The Morgan fingerprint density at radius 2 is 1.60 bits per heavy atom. The molecule has 0 fully saturated rings. The maximum Gasteiger partial charge on any atom is 0.198 e. The summed E-state index contributed by atoms with van der Waals surface area (Å²) in [5.74, 6) is 1.42. The van der Waals surface area contributed by atoms with Crippen LogP contribution in [-0.4, -0.2) is 19.5 Å². The number of aromatic nitrogens is 4. The van der Waals surface area contributed by atoms with Crippen molar-refractivity contribution in [2.75, 3.05) is 0 Å². The third-order valence-electron chi connectivity index (χ3n) is 4.30. The van der Waals surface area contributed by atoms with Gasteiger partial charge in [-0.1, -0.05) is 49.7 Å². The van der Waals surface area contributed by atoms with E-state index in [0.717, 1.165) is 41.0 Å². The highest BCUT2D eigenvalue weighted by atomic mass is 35.5. The molecule has 0 aliphatic carbocycles. The van der Waals surface area contributed by atoms with Gasteiger partial charge < -0.3 is 4.57 Å². The molecule has 2 aromatic heterocycles. The van der Waals surface area contributed by atoms with Crippen molar-refractivity contribution >= 4 is 33.9 Å². The molecular formula is C20H19ClN4. The molecule has 4 rings (SSSR count). The molecule has 0 amide bonds. The highest BCUT2D eigenvalue weighted by Gasteiger charge is 2.17. The largest absolute Gasteiger partial charge is 0.307 e. The molecule has 0 aliphatic rings. The SMILES string of the molecule is CC(C)CCn1c(-c2ccccc2Cl)nc2nc3ccccc3nc21. The lowest BCUT2D eigenvalue weighted by Gasteiger charge is -2.11. The Bertz CT molecular complexity index is 1050. The molecule has 0 radical (unpaired) electrons. The molecule has 0 bridgehead atoms. The van der Waals surface area contributed by atoms with Crippen LogP contribution in [0.5, 0.6) is 0 Å². The molecule has 5 heteroatoms. The maximum absolute atomic E-state index is 6.43.